The molecule has 2 aromatic heterocycles. The van der Waals surface area contributed by atoms with Gasteiger partial charge in [-0.05, 0) is 57.2 Å². The van der Waals surface area contributed by atoms with Gasteiger partial charge in [-0.1, -0.05) is 0 Å². The highest BCUT2D eigenvalue weighted by Crippen LogP contribution is 2.37. The first-order chi connectivity index (χ1) is 12.4. The number of pyridine rings is 1. The Morgan fingerprint density at radius 2 is 2.00 bits per heavy atom. The van der Waals surface area contributed by atoms with Crippen molar-refractivity contribution in [3.05, 3.63) is 46.8 Å². The maximum atomic E-state index is 13.3. The lowest BCUT2D eigenvalue weighted by Gasteiger charge is -2.25. The average Bonchev–Trinajstić information content (AvgIpc) is 3.19. The molecule has 1 fully saturated rings. The van der Waals surface area contributed by atoms with Gasteiger partial charge in [0.15, 0.2) is 0 Å². The van der Waals surface area contributed by atoms with Crippen LogP contribution in [-0.4, -0.2) is 26.0 Å². The van der Waals surface area contributed by atoms with E-state index in [0.29, 0.717) is 0 Å². The van der Waals surface area contributed by atoms with Crippen LogP contribution in [0.2, 0.25) is 0 Å². The van der Waals surface area contributed by atoms with Gasteiger partial charge in [0, 0.05) is 25.5 Å². The third-order valence-corrected chi connectivity index (χ3v) is 5.62. The van der Waals surface area contributed by atoms with Crippen molar-refractivity contribution in [2.45, 2.75) is 57.3 Å². The standard InChI is InChI=1S/C19H23F3N4/c1-25-16-8-3-2-7-14(16)24-18(25)17-9-5-11-26(17)12-15-13(19(20,21)22)6-4-10-23-15/h4,6,10,17H,2-3,5,7-9,11-12H2,1H3/t17-/m1/s1. The van der Waals surface area contributed by atoms with Crippen molar-refractivity contribution in [3.8, 4) is 0 Å². The fourth-order valence-corrected chi connectivity index (χ4v) is 4.33. The van der Waals surface area contributed by atoms with Gasteiger partial charge in [-0.3, -0.25) is 9.88 Å². The lowest BCUT2D eigenvalue weighted by atomic mass is 10.0. The van der Waals surface area contributed by atoms with E-state index in [0.717, 1.165) is 44.1 Å². The van der Waals surface area contributed by atoms with Crippen molar-refractivity contribution in [2.75, 3.05) is 6.54 Å². The van der Waals surface area contributed by atoms with Crippen LogP contribution in [0.3, 0.4) is 0 Å². The minimum Gasteiger partial charge on any atom is -0.334 e. The molecular formula is C19H23F3N4. The van der Waals surface area contributed by atoms with E-state index < -0.39 is 11.7 Å². The Labute approximate surface area is 151 Å². The van der Waals surface area contributed by atoms with Crippen LogP contribution >= 0.6 is 0 Å². The molecule has 1 aliphatic carbocycles. The molecule has 26 heavy (non-hydrogen) atoms. The highest BCUT2D eigenvalue weighted by atomic mass is 19.4. The zero-order chi connectivity index (χ0) is 18.3. The number of likely N-dealkylation sites (tertiary alicyclic amines) is 1. The molecule has 1 aliphatic heterocycles. The molecular weight excluding hydrogens is 341 g/mol. The van der Waals surface area contributed by atoms with Crippen molar-refractivity contribution in [1.29, 1.82) is 0 Å². The summed E-state index contributed by atoms with van der Waals surface area (Å²) in [6.07, 6.45) is 3.37. The van der Waals surface area contributed by atoms with Gasteiger partial charge in [0.2, 0.25) is 0 Å². The van der Waals surface area contributed by atoms with Gasteiger partial charge >= 0.3 is 6.18 Å². The van der Waals surface area contributed by atoms with Gasteiger partial charge in [-0.15, -0.1) is 0 Å². The molecule has 140 valence electrons. The van der Waals surface area contributed by atoms with Crippen molar-refractivity contribution >= 4 is 0 Å². The number of nitrogens with zero attached hydrogens (tertiary/aromatic N) is 4. The van der Waals surface area contributed by atoms with Crippen LogP contribution in [0.25, 0.3) is 0 Å². The number of halogens is 3. The molecule has 4 rings (SSSR count). The summed E-state index contributed by atoms with van der Waals surface area (Å²) < 4.78 is 42.0. The fourth-order valence-electron chi connectivity index (χ4n) is 4.33. The quantitative estimate of drug-likeness (QED) is 0.824. The van der Waals surface area contributed by atoms with E-state index in [1.807, 2.05) is 7.05 Å². The van der Waals surface area contributed by atoms with E-state index in [1.54, 1.807) is 0 Å². The van der Waals surface area contributed by atoms with Crippen molar-refractivity contribution in [2.24, 2.45) is 7.05 Å². The minimum absolute atomic E-state index is 0.0636. The van der Waals surface area contributed by atoms with Crippen LogP contribution in [0.15, 0.2) is 18.3 Å². The molecule has 0 spiro atoms. The molecule has 1 atom stereocenters. The Balaban J connectivity index is 1.62. The van der Waals surface area contributed by atoms with E-state index in [4.69, 9.17) is 4.98 Å². The molecule has 2 aromatic rings. The molecule has 0 saturated carbocycles. The second-order valence-electron chi connectivity index (χ2n) is 7.25. The Morgan fingerprint density at radius 1 is 1.19 bits per heavy atom. The Kier molecular flexibility index (Phi) is 4.50. The molecule has 0 N–H and O–H groups in total. The summed E-state index contributed by atoms with van der Waals surface area (Å²) >= 11 is 0. The number of hydrogen-bond acceptors (Lipinski definition) is 3. The Morgan fingerprint density at radius 3 is 2.77 bits per heavy atom. The van der Waals surface area contributed by atoms with Crippen LogP contribution in [0, 0.1) is 0 Å². The highest BCUT2D eigenvalue weighted by Gasteiger charge is 2.37. The van der Waals surface area contributed by atoms with E-state index in [9.17, 15) is 13.2 Å². The summed E-state index contributed by atoms with van der Waals surface area (Å²) in [5, 5.41) is 0. The van der Waals surface area contributed by atoms with E-state index in [-0.39, 0.29) is 18.3 Å². The molecule has 2 aliphatic rings. The lowest BCUT2D eigenvalue weighted by molar-refractivity contribution is -0.138. The highest BCUT2D eigenvalue weighted by molar-refractivity contribution is 5.25. The van der Waals surface area contributed by atoms with Gasteiger partial charge in [0.25, 0.3) is 0 Å². The summed E-state index contributed by atoms with van der Waals surface area (Å²) in [6, 6.07) is 2.53. The smallest absolute Gasteiger partial charge is 0.334 e. The van der Waals surface area contributed by atoms with Crippen LogP contribution < -0.4 is 0 Å². The normalized spacial score (nSPS) is 21.2. The molecule has 3 heterocycles. The summed E-state index contributed by atoms with van der Waals surface area (Å²) in [7, 11) is 2.05. The first-order valence-corrected chi connectivity index (χ1v) is 9.24. The molecule has 1 saturated heterocycles. The fraction of sp³-hybridized carbons (Fsp3) is 0.579. The number of aromatic nitrogens is 3. The predicted molar refractivity (Wildman–Crippen MR) is 91.5 cm³/mol. The molecule has 4 nitrogen and oxygen atoms in total. The van der Waals surface area contributed by atoms with E-state index in [1.165, 1.54) is 36.5 Å². The second kappa shape index (κ2) is 6.68. The van der Waals surface area contributed by atoms with Crippen molar-refractivity contribution < 1.29 is 13.2 Å². The molecule has 7 heteroatoms. The number of rotatable bonds is 3. The monoisotopic (exact) mass is 364 g/mol. The van der Waals surface area contributed by atoms with Crippen LogP contribution in [0.1, 0.15) is 60.2 Å². The second-order valence-corrected chi connectivity index (χ2v) is 7.25. The van der Waals surface area contributed by atoms with Gasteiger partial charge in [-0.2, -0.15) is 13.2 Å². The third-order valence-electron chi connectivity index (χ3n) is 5.62. The zero-order valence-electron chi connectivity index (χ0n) is 14.9. The molecule has 0 bridgehead atoms. The van der Waals surface area contributed by atoms with Gasteiger partial charge in [0.1, 0.15) is 5.82 Å². The Bertz CT molecular complexity index is 797. The van der Waals surface area contributed by atoms with Gasteiger partial charge in [-0.25, -0.2) is 4.98 Å². The molecule has 0 unspecified atom stereocenters. The first-order valence-electron chi connectivity index (χ1n) is 9.24. The maximum Gasteiger partial charge on any atom is 0.418 e. The molecule has 0 amide bonds. The van der Waals surface area contributed by atoms with Crippen molar-refractivity contribution in [1.82, 2.24) is 19.4 Å². The topological polar surface area (TPSA) is 34.0 Å². The zero-order valence-corrected chi connectivity index (χ0v) is 14.9. The van der Waals surface area contributed by atoms with Crippen LogP contribution in [0.5, 0.6) is 0 Å². The summed E-state index contributed by atoms with van der Waals surface area (Å²) in [6.45, 7) is 0.980. The maximum absolute atomic E-state index is 13.3. The summed E-state index contributed by atoms with van der Waals surface area (Å²) in [4.78, 5) is 11.0. The summed E-state index contributed by atoms with van der Waals surface area (Å²) in [5.41, 5.74) is 1.94. The first kappa shape index (κ1) is 17.5. The average molecular weight is 364 g/mol. The number of fused-ring (bicyclic) bond motifs is 1. The molecule has 0 aromatic carbocycles. The van der Waals surface area contributed by atoms with Gasteiger partial charge < -0.3 is 4.57 Å². The van der Waals surface area contributed by atoms with Crippen LogP contribution in [0.4, 0.5) is 13.2 Å². The summed E-state index contributed by atoms with van der Waals surface area (Å²) in [5.74, 6) is 0.999. The number of alkyl halides is 3. The minimum atomic E-state index is -4.37. The largest absolute Gasteiger partial charge is 0.418 e. The van der Waals surface area contributed by atoms with Crippen LogP contribution in [-0.2, 0) is 32.6 Å². The number of aryl methyl sites for hydroxylation is 1. The predicted octanol–water partition coefficient (Wildman–Crippen LogP) is 4.05. The number of imidazole rings is 1. The third kappa shape index (κ3) is 3.13. The molecule has 0 radical (unpaired) electrons. The Hall–Kier alpha value is -1.89. The SMILES string of the molecule is Cn1c([C@H]2CCCN2Cc2ncccc2C(F)(F)F)nc2c1CCCC2. The van der Waals surface area contributed by atoms with Crippen molar-refractivity contribution in [3.63, 3.8) is 0 Å². The van der Waals surface area contributed by atoms with E-state index in [2.05, 4.69) is 14.5 Å². The van der Waals surface area contributed by atoms with E-state index >= 15 is 0 Å². The van der Waals surface area contributed by atoms with Gasteiger partial charge in [0.05, 0.1) is 23.0 Å². The lowest BCUT2D eigenvalue weighted by Crippen LogP contribution is -2.27. The number of hydrogen-bond donors (Lipinski definition) is 0.